The second kappa shape index (κ2) is 5.29. The van der Waals surface area contributed by atoms with Crippen molar-refractivity contribution < 1.29 is 0 Å². The molecule has 88 valence electrons. The van der Waals surface area contributed by atoms with Gasteiger partial charge >= 0.3 is 0 Å². The number of aromatic nitrogens is 1. The zero-order valence-corrected chi connectivity index (χ0v) is 11.0. The van der Waals surface area contributed by atoms with Gasteiger partial charge in [0.1, 0.15) is 6.07 Å². The molecule has 2 rings (SSSR count). The van der Waals surface area contributed by atoms with Gasteiger partial charge in [0.2, 0.25) is 0 Å². The van der Waals surface area contributed by atoms with Crippen LogP contribution in [0.2, 0.25) is 0 Å². The lowest BCUT2D eigenvalue weighted by Gasteiger charge is -2.02. The molecule has 0 aliphatic rings. The second-order valence-corrected chi connectivity index (χ2v) is 5.57. The van der Waals surface area contributed by atoms with E-state index in [1.807, 2.05) is 40.6 Å². The maximum absolute atomic E-state index is 9.24. The molecule has 2 aromatic rings. The van der Waals surface area contributed by atoms with E-state index in [9.17, 15) is 5.26 Å². The second-order valence-electron chi connectivity index (χ2n) is 4.54. The molecule has 0 fully saturated rings. The van der Waals surface area contributed by atoms with Crippen molar-refractivity contribution in [2.24, 2.45) is 5.92 Å². The van der Waals surface area contributed by atoms with E-state index in [0.29, 0.717) is 5.92 Å². The predicted octanol–water partition coefficient (Wildman–Crippen LogP) is 3.70. The van der Waals surface area contributed by atoms with Crippen LogP contribution in [0.5, 0.6) is 0 Å². The topological polar surface area (TPSA) is 28.2 Å². The zero-order chi connectivity index (χ0) is 12.3. The van der Waals surface area contributed by atoms with Gasteiger partial charge in [0, 0.05) is 18.1 Å². The number of hydrogen-bond acceptors (Lipinski definition) is 2. The molecule has 0 aliphatic heterocycles. The van der Waals surface area contributed by atoms with Crippen LogP contribution in [-0.4, -0.2) is 10.2 Å². The first kappa shape index (κ1) is 12.1. The zero-order valence-electron chi connectivity index (χ0n) is 10.2. The lowest BCUT2D eigenvalue weighted by Crippen LogP contribution is -1.91. The van der Waals surface area contributed by atoms with Crippen molar-refractivity contribution in [3.05, 3.63) is 41.7 Å². The molecule has 0 aromatic carbocycles. The molecule has 0 bridgehead atoms. The number of nitrogens with zero attached hydrogens (tertiary/aromatic N) is 2. The Hall–Kier alpha value is -1.40. The van der Waals surface area contributed by atoms with Gasteiger partial charge in [0.05, 0.1) is 11.1 Å². The monoisotopic (exact) mass is 244 g/mol. The van der Waals surface area contributed by atoms with Crippen LogP contribution in [0.15, 0.2) is 30.6 Å². The summed E-state index contributed by atoms with van der Waals surface area (Å²) >= 11 is 1.89. The molecule has 0 aliphatic carbocycles. The Labute approximate surface area is 106 Å². The van der Waals surface area contributed by atoms with E-state index < -0.39 is 0 Å². The van der Waals surface area contributed by atoms with Gasteiger partial charge in [-0.05, 0) is 29.4 Å². The predicted molar refractivity (Wildman–Crippen MR) is 73.1 cm³/mol. The largest absolute Gasteiger partial charge is 0.322 e. The molecule has 0 saturated heterocycles. The van der Waals surface area contributed by atoms with Crippen LogP contribution < -0.4 is 0 Å². The highest BCUT2D eigenvalue weighted by atomic mass is 32.2. The van der Waals surface area contributed by atoms with E-state index in [4.69, 9.17) is 0 Å². The van der Waals surface area contributed by atoms with Gasteiger partial charge in [-0.2, -0.15) is 17.0 Å². The third kappa shape index (κ3) is 2.65. The minimum atomic E-state index is 0.697. The van der Waals surface area contributed by atoms with E-state index in [-0.39, 0.29) is 0 Å². The van der Waals surface area contributed by atoms with Crippen molar-refractivity contribution in [1.82, 2.24) is 4.40 Å². The first-order valence-corrected chi connectivity index (χ1v) is 6.94. The van der Waals surface area contributed by atoms with Crippen LogP contribution in [0.3, 0.4) is 0 Å². The third-order valence-corrected chi connectivity index (χ3v) is 4.00. The van der Waals surface area contributed by atoms with Gasteiger partial charge in [-0.15, -0.1) is 0 Å². The van der Waals surface area contributed by atoms with Crippen molar-refractivity contribution in [3.63, 3.8) is 0 Å². The third-order valence-electron chi connectivity index (χ3n) is 2.58. The molecule has 0 unspecified atom stereocenters. The summed E-state index contributed by atoms with van der Waals surface area (Å²) in [5.41, 5.74) is 2.97. The number of thioether (sulfide) groups is 1. The number of nitriles is 1. The first-order chi connectivity index (χ1) is 8.22. The van der Waals surface area contributed by atoms with Crippen LogP contribution in [0.25, 0.3) is 5.52 Å². The molecule has 2 heterocycles. The summed E-state index contributed by atoms with van der Waals surface area (Å²) < 4.78 is 2.03. The summed E-state index contributed by atoms with van der Waals surface area (Å²) in [6, 6.07) is 8.28. The SMILES string of the molecule is CC(C)CSCc1cn2ccccc2c1C#N. The first-order valence-electron chi connectivity index (χ1n) is 5.78. The summed E-state index contributed by atoms with van der Waals surface area (Å²) in [6.45, 7) is 4.43. The van der Waals surface area contributed by atoms with Crippen molar-refractivity contribution >= 4 is 17.3 Å². The summed E-state index contributed by atoms with van der Waals surface area (Å²) in [7, 11) is 0. The Morgan fingerprint density at radius 2 is 2.24 bits per heavy atom. The molecule has 0 N–H and O–H groups in total. The maximum atomic E-state index is 9.24. The van der Waals surface area contributed by atoms with Crippen LogP contribution in [0, 0.1) is 17.2 Å². The molecular formula is C14H16N2S. The Kier molecular flexibility index (Phi) is 3.75. The van der Waals surface area contributed by atoms with E-state index >= 15 is 0 Å². The Bertz CT molecular complexity index is 549. The summed E-state index contributed by atoms with van der Waals surface area (Å²) in [5, 5.41) is 9.24. The molecule has 0 saturated carbocycles. The van der Waals surface area contributed by atoms with Crippen molar-refractivity contribution in [2.45, 2.75) is 19.6 Å². The smallest absolute Gasteiger partial charge is 0.102 e. The van der Waals surface area contributed by atoms with Crippen molar-refractivity contribution in [1.29, 1.82) is 5.26 Å². The van der Waals surface area contributed by atoms with Gasteiger partial charge in [-0.1, -0.05) is 19.9 Å². The van der Waals surface area contributed by atoms with Crippen LogP contribution >= 0.6 is 11.8 Å². The molecule has 0 spiro atoms. The fourth-order valence-electron chi connectivity index (χ4n) is 1.82. The molecular weight excluding hydrogens is 228 g/mol. The minimum Gasteiger partial charge on any atom is -0.322 e. The highest BCUT2D eigenvalue weighted by Crippen LogP contribution is 2.23. The average molecular weight is 244 g/mol. The fraction of sp³-hybridized carbons (Fsp3) is 0.357. The Balaban J connectivity index is 2.25. The molecule has 0 radical (unpaired) electrons. The van der Waals surface area contributed by atoms with E-state index in [0.717, 1.165) is 28.1 Å². The standard InChI is InChI=1S/C14H16N2S/c1-11(2)9-17-10-12-8-16-6-4-3-5-14(16)13(12)7-15/h3-6,8,11H,9-10H2,1-2H3. The van der Waals surface area contributed by atoms with Gasteiger partial charge in [0.15, 0.2) is 0 Å². The Morgan fingerprint density at radius 3 is 2.94 bits per heavy atom. The Morgan fingerprint density at radius 1 is 1.41 bits per heavy atom. The summed E-state index contributed by atoms with van der Waals surface area (Å²) in [4.78, 5) is 0. The maximum Gasteiger partial charge on any atom is 0.102 e. The van der Waals surface area contributed by atoms with Gasteiger partial charge in [-0.3, -0.25) is 0 Å². The average Bonchev–Trinajstić information content (AvgIpc) is 2.66. The van der Waals surface area contributed by atoms with Gasteiger partial charge in [0.25, 0.3) is 0 Å². The van der Waals surface area contributed by atoms with E-state index in [2.05, 4.69) is 26.1 Å². The lowest BCUT2D eigenvalue weighted by molar-refractivity contribution is 0.750. The molecule has 17 heavy (non-hydrogen) atoms. The highest BCUT2D eigenvalue weighted by Gasteiger charge is 2.09. The molecule has 0 atom stereocenters. The highest BCUT2D eigenvalue weighted by molar-refractivity contribution is 7.98. The molecule has 3 heteroatoms. The van der Waals surface area contributed by atoms with Crippen molar-refractivity contribution in [3.8, 4) is 6.07 Å². The van der Waals surface area contributed by atoms with Crippen LogP contribution in [0.1, 0.15) is 25.0 Å². The quantitative estimate of drug-likeness (QED) is 0.820. The van der Waals surface area contributed by atoms with Crippen LogP contribution in [-0.2, 0) is 5.75 Å². The number of fused-ring (bicyclic) bond motifs is 1. The number of pyridine rings is 1. The summed E-state index contributed by atoms with van der Waals surface area (Å²) in [5.74, 6) is 2.75. The van der Waals surface area contributed by atoms with E-state index in [1.165, 1.54) is 0 Å². The van der Waals surface area contributed by atoms with E-state index in [1.54, 1.807) is 0 Å². The number of rotatable bonds is 4. The summed E-state index contributed by atoms with van der Waals surface area (Å²) in [6.07, 6.45) is 4.06. The fourth-order valence-corrected chi connectivity index (χ4v) is 2.85. The normalized spacial score (nSPS) is 10.9. The van der Waals surface area contributed by atoms with Gasteiger partial charge < -0.3 is 4.40 Å². The lowest BCUT2D eigenvalue weighted by atomic mass is 10.2. The molecule has 2 nitrogen and oxygen atoms in total. The van der Waals surface area contributed by atoms with Gasteiger partial charge in [-0.25, -0.2) is 0 Å². The number of hydrogen-bond donors (Lipinski definition) is 0. The van der Waals surface area contributed by atoms with Crippen molar-refractivity contribution in [2.75, 3.05) is 5.75 Å². The van der Waals surface area contributed by atoms with Crippen LogP contribution in [0.4, 0.5) is 0 Å². The minimum absolute atomic E-state index is 0.697. The molecule has 0 amide bonds. The molecule has 2 aromatic heterocycles.